The molecule has 5 N–H and O–H groups in total. The summed E-state index contributed by atoms with van der Waals surface area (Å²) in [5, 5.41) is 8.47. The van der Waals surface area contributed by atoms with Gasteiger partial charge in [0.25, 0.3) is 0 Å². The molecule has 0 fully saturated rings. The van der Waals surface area contributed by atoms with Crippen molar-refractivity contribution in [1.82, 2.24) is 0 Å². The van der Waals surface area contributed by atoms with E-state index in [9.17, 15) is 9.13 Å². The summed E-state index contributed by atoms with van der Waals surface area (Å²) in [6.45, 7) is 0. The molecule has 1 atom stereocenters. The molecule has 0 aliphatic rings. The van der Waals surface area contributed by atoms with Crippen molar-refractivity contribution in [2.45, 2.75) is 5.85 Å². The summed E-state index contributed by atoms with van der Waals surface area (Å²) >= 11 is 0. The Kier molecular flexibility index (Phi) is 10.7. The summed E-state index contributed by atoms with van der Waals surface area (Å²) in [4.78, 5) is 32.7. The van der Waals surface area contributed by atoms with Crippen LogP contribution in [-0.4, -0.2) is 36.7 Å². The fourth-order valence-corrected chi connectivity index (χ4v) is 2.23. The maximum Gasteiger partial charge on any atom is 1.00 e. The van der Waals surface area contributed by atoms with Gasteiger partial charge in [0.1, 0.15) is 0 Å². The third kappa shape index (κ3) is 11.5. The summed E-state index contributed by atoms with van der Waals surface area (Å²) in [6, 6.07) is 0. The van der Waals surface area contributed by atoms with Crippen LogP contribution in [0.5, 0.6) is 0 Å². The second-order valence-corrected chi connectivity index (χ2v) is 5.39. The van der Waals surface area contributed by atoms with Crippen LogP contribution in [0.2, 0.25) is 0 Å². The molecule has 0 amide bonds. The van der Waals surface area contributed by atoms with E-state index in [4.69, 9.17) is 24.7 Å². The number of aliphatic hydroxyl groups excluding tert-OH is 1. The Morgan fingerprint density at radius 2 is 1.38 bits per heavy atom. The van der Waals surface area contributed by atoms with Gasteiger partial charge in [-0.25, -0.2) is 0 Å². The Balaban J connectivity index is -0.000000500. The van der Waals surface area contributed by atoms with E-state index in [1.54, 1.807) is 0 Å². The van der Waals surface area contributed by atoms with Crippen molar-refractivity contribution in [2.75, 3.05) is 6.16 Å². The zero-order valence-electron chi connectivity index (χ0n) is 6.61. The van der Waals surface area contributed by atoms with E-state index in [1.165, 1.54) is 0 Å². The summed E-state index contributed by atoms with van der Waals surface area (Å²) in [5.41, 5.74) is 0. The molecule has 1 unspecified atom stereocenters. The van der Waals surface area contributed by atoms with E-state index in [0.29, 0.717) is 0 Å². The zero-order chi connectivity index (χ0) is 9.28. The Bertz CT molecular complexity index is 221. The molecular weight excluding hydrogens is 256 g/mol. The average Bonchev–Trinajstić information content (AvgIpc) is 1.56. The van der Waals surface area contributed by atoms with Gasteiger partial charge in [-0.1, -0.05) is 0 Å². The number of hydrogen-bond acceptors (Lipinski definition) is 3. The van der Waals surface area contributed by atoms with Gasteiger partial charge >= 0.3 is 44.7 Å². The summed E-state index contributed by atoms with van der Waals surface area (Å²) in [7, 11) is -9.35. The first-order chi connectivity index (χ1) is 4.63. The maximum absolute atomic E-state index is 10.1. The summed E-state index contributed by atoms with van der Waals surface area (Å²) < 4.78 is 20.2. The molecule has 0 aliphatic heterocycles. The number of rotatable bonds is 3. The van der Waals surface area contributed by atoms with Crippen LogP contribution in [0.3, 0.4) is 0 Å². The third-order valence-electron chi connectivity index (χ3n) is 0.789. The van der Waals surface area contributed by atoms with Gasteiger partial charge in [-0.05, 0) is 0 Å². The average molecular weight is 264 g/mol. The topological polar surface area (TPSA) is 135 Å². The number of hydrogen-bond donors (Lipinski definition) is 5. The Morgan fingerprint density at radius 1 is 1.08 bits per heavy atom. The van der Waals surface area contributed by atoms with E-state index in [1.807, 2.05) is 0 Å². The number of aliphatic hydroxyl groups is 1. The van der Waals surface area contributed by atoms with Crippen molar-refractivity contribution in [3.05, 3.63) is 0 Å². The smallest absolute Gasteiger partial charge is 1.00 e. The maximum atomic E-state index is 10.1. The van der Waals surface area contributed by atoms with Crippen molar-refractivity contribution >= 4 is 15.2 Å². The first-order valence-corrected chi connectivity index (χ1v) is 5.89. The second-order valence-electron chi connectivity index (χ2n) is 1.92. The van der Waals surface area contributed by atoms with Gasteiger partial charge in [0, 0.05) is 0 Å². The Hall–Kier alpha value is 1.55. The third-order valence-corrected chi connectivity index (χ3v) is 2.86. The van der Waals surface area contributed by atoms with Crippen LogP contribution in [0.4, 0.5) is 0 Å². The molecule has 0 rings (SSSR count). The molecule has 7 nitrogen and oxygen atoms in total. The minimum Gasteiger partial charge on any atom is -1.00 e. The van der Waals surface area contributed by atoms with Crippen molar-refractivity contribution in [1.29, 1.82) is 0 Å². The molecule has 0 aromatic heterocycles. The molecule has 0 aromatic carbocycles. The van der Waals surface area contributed by atoms with Crippen LogP contribution in [0.25, 0.3) is 0 Å². The molecule has 0 radical (unpaired) electrons. The van der Waals surface area contributed by atoms with Crippen LogP contribution >= 0.6 is 15.2 Å². The second kappa shape index (κ2) is 6.93. The molecule has 0 spiro atoms. The van der Waals surface area contributed by atoms with Gasteiger partial charge in [-0.3, -0.25) is 9.13 Å². The molecule has 13 heavy (non-hydrogen) atoms. The van der Waals surface area contributed by atoms with Gasteiger partial charge in [-0.15, -0.1) is 0 Å². The first kappa shape index (κ1) is 20.0. The van der Waals surface area contributed by atoms with Gasteiger partial charge < -0.3 is 37.1 Å². The summed E-state index contributed by atoms with van der Waals surface area (Å²) in [5.74, 6) is -2.29. The Morgan fingerprint density at radius 3 is 1.46 bits per heavy atom. The minimum atomic E-state index is -4.79. The van der Waals surface area contributed by atoms with Crippen molar-refractivity contribution in [2.24, 2.45) is 0 Å². The molecule has 0 aliphatic carbocycles. The van der Waals surface area contributed by atoms with Crippen LogP contribution in [0, 0.1) is 0 Å². The Labute approximate surface area is 103 Å². The van der Waals surface area contributed by atoms with E-state index >= 15 is 0 Å². The van der Waals surface area contributed by atoms with Gasteiger partial charge in [0.2, 0.25) is 0 Å². The predicted molar refractivity (Wildman–Crippen MR) is 35.0 cm³/mol. The van der Waals surface area contributed by atoms with Gasteiger partial charge in [0.15, 0.2) is 5.85 Å². The first-order valence-electron chi connectivity index (χ1n) is 2.41. The van der Waals surface area contributed by atoms with Crippen molar-refractivity contribution < 1.29 is 75.8 Å². The largest absolute Gasteiger partial charge is 1.00 e. The monoisotopic (exact) mass is 264 g/mol. The van der Waals surface area contributed by atoms with Crippen LogP contribution in [-0.2, 0) is 9.13 Å². The van der Waals surface area contributed by atoms with Gasteiger partial charge in [-0.2, -0.15) is 0 Å². The SMILES string of the molecule is O=P(O)(O)CC(O)P(=O)(O)O.[Cl-].[Na+]. The van der Waals surface area contributed by atoms with E-state index in [0.717, 1.165) is 0 Å². The molecule has 0 saturated carbocycles. The predicted octanol–water partition coefficient (Wildman–Crippen LogP) is -7.33. The van der Waals surface area contributed by atoms with E-state index in [-0.39, 0.29) is 42.0 Å². The standard InChI is InChI=1S/C2H8O7P2.ClH.Na/c3-2(11(7,8)9)1-10(4,5)6;;/h2-3H,1H2,(H2,4,5,6)(H2,7,8,9);1H;/q;;+1/p-1. The van der Waals surface area contributed by atoms with Crippen LogP contribution in [0.15, 0.2) is 0 Å². The number of halogens is 1. The van der Waals surface area contributed by atoms with Gasteiger partial charge in [0.05, 0.1) is 6.16 Å². The fraction of sp³-hybridized carbons (Fsp3) is 1.00. The normalized spacial score (nSPS) is 13.9. The van der Waals surface area contributed by atoms with Crippen LogP contribution in [0.1, 0.15) is 0 Å². The molecule has 11 heteroatoms. The van der Waals surface area contributed by atoms with Crippen LogP contribution < -0.4 is 42.0 Å². The summed E-state index contributed by atoms with van der Waals surface area (Å²) in [6.07, 6.45) is -1.22. The molecule has 0 heterocycles. The quantitative estimate of drug-likeness (QED) is 0.252. The minimum absolute atomic E-state index is 0. The molecule has 0 saturated heterocycles. The zero-order valence-corrected chi connectivity index (χ0v) is 11.2. The molecule has 76 valence electrons. The fourth-order valence-electron chi connectivity index (χ4n) is 0.319. The molecule has 0 aromatic rings. The van der Waals surface area contributed by atoms with Crippen molar-refractivity contribution in [3.8, 4) is 0 Å². The molecular formula is C2H8ClNaO7P2. The van der Waals surface area contributed by atoms with Crippen molar-refractivity contribution in [3.63, 3.8) is 0 Å². The van der Waals surface area contributed by atoms with E-state index in [2.05, 4.69) is 0 Å². The van der Waals surface area contributed by atoms with E-state index < -0.39 is 27.2 Å². The molecule has 0 bridgehead atoms.